The monoisotopic (exact) mass is 547 g/mol. The van der Waals surface area contributed by atoms with Crippen LogP contribution in [0.5, 0.6) is 5.75 Å². The van der Waals surface area contributed by atoms with E-state index in [0.29, 0.717) is 29.8 Å². The number of hydrogen-bond donors (Lipinski definition) is 1. The molecule has 0 spiro atoms. The van der Waals surface area contributed by atoms with Gasteiger partial charge in [0.05, 0.1) is 26.0 Å². The standard InChI is InChI=1S/C32H38ClN3O3/c1-38-31-13-9-26(25-5-3-2-4-6-25)21-29(31)34-32(37)14-10-27-23-35(22-24-7-11-28(33)12-8-24)16-15-30(27)36-17-19-39-20-18-36/h2-9,11-13,21,27,30H,10,14-20,22-23H2,1H3,(H,34,37)/t27-,30+/m0/s1. The van der Waals surface area contributed by atoms with E-state index >= 15 is 0 Å². The van der Waals surface area contributed by atoms with Gasteiger partial charge in [-0.25, -0.2) is 0 Å². The van der Waals surface area contributed by atoms with Crippen LogP contribution in [0.4, 0.5) is 5.69 Å². The molecule has 2 heterocycles. The van der Waals surface area contributed by atoms with Crippen LogP contribution in [0.2, 0.25) is 5.02 Å². The number of nitrogens with one attached hydrogen (secondary N) is 1. The van der Waals surface area contributed by atoms with Gasteiger partial charge in [0, 0.05) is 43.7 Å². The summed E-state index contributed by atoms with van der Waals surface area (Å²) in [6.07, 6.45) is 2.41. The predicted octanol–water partition coefficient (Wildman–Crippen LogP) is 5.96. The molecule has 2 fully saturated rings. The zero-order valence-corrected chi connectivity index (χ0v) is 23.4. The lowest BCUT2D eigenvalue weighted by molar-refractivity contribution is -0.116. The summed E-state index contributed by atoms with van der Waals surface area (Å²) >= 11 is 6.10. The summed E-state index contributed by atoms with van der Waals surface area (Å²) < 4.78 is 11.2. The number of piperidine rings is 1. The number of hydrogen-bond acceptors (Lipinski definition) is 5. The van der Waals surface area contributed by atoms with Crippen molar-refractivity contribution in [3.63, 3.8) is 0 Å². The van der Waals surface area contributed by atoms with Crippen LogP contribution in [0.25, 0.3) is 11.1 Å². The molecule has 39 heavy (non-hydrogen) atoms. The quantitative estimate of drug-likeness (QED) is 0.358. The maximum Gasteiger partial charge on any atom is 0.224 e. The number of morpholine rings is 1. The predicted molar refractivity (Wildman–Crippen MR) is 157 cm³/mol. The zero-order valence-electron chi connectivity index (χ0n) is 22.7. The van der Waals surface area contributed by atoms with E-state index in [4.69, 9.17) is 21.1 Å². The average Bonchev–Trinajstić information content (AvgIpc) is 2.98. The second-order valence-electron chi connectivity index (χ2n) is 10.5. The number of carbonyl (C=O) groups is 1. The van der Waals surface area contributed by atoms with Gasteiger partial charge in [0.15, 0.2) is 0 Å². The number of rotatable bonds is 9. The first-order chi connectivity index (χ1) is 19.1. The third-order valence-electron chi connectivity index (χ3n) is 7.93. The molecule has 2 aliphatic rings. The molecule has 1 N–H and O–H groups in total. The van der Waals surface area contributed by atoms with Crippen molar-refractivity contribution in [2.45, 2.75) is 31.8 Å². The molecule has 206 valence electrons. The van der Waals surface area contributed by atoms with Crippen molar-refractivity contribution in [2.24, 2.45) is 5.92 Å². The van der Waals surface area contributed by atoms with E-state index in [-0.39, 0.29) is 5.91 Å². The third kappa shape index (κ3) is 7.40. The highest BCUT2D eigenvalue weighted by atomic mass is 35.5. The Morgan fingerprint density at radius 3 is 2.51 bits per heavy atom. The molecule has 3 aromatic carbocycles. The van der Waals surface area contributed by atoms with Crippen LogP contribution in [0.3, 0.4) is 0 Å². The summed E-state index contributed by atoms with van der Waals surface area (Å²) in [6, 6.07) is 24.7. The van der Waals surface area contributed by atoms with Crippen molar-refractivity contribution >= 4 is 23.2 Å². The summed E-state index contributed by atoms with van der Waals surface area (Å²) in [4.78, 5) is 18.3. The molecule has 5 rings (SSSR count). The molecule has 2 aliphatic heterocycles. The van der Waals surface area contributed by atoms with Gasteiger partial charge in [-0.1, -0.05) is 60.1 Å². The van der Waals surface area contributed by atoms with Crippen LogP contribution >= 0.6 is 11.6 Å². The minimum atomic E-state index is 0.0223. The van der Waals surface area contributed by atoms with E-state index in [1.54, 1.807) is 7.11 Å². The Hall–Kier alpha value is -2.90. The molecule has 0 aliphatic carbocycles. The number of benzene rings is 3. The minimum absolute atomic E-state index is 0.0223. The van der Waals surface area contributed by atoms with Crippen LogP contribution < -0.4 is 10.1 Å². The van der Waals surface area contributed by atoms with Crippen LogP contribution in [-0.4, -0.2) is 68.3 Å². The number of anilines is 1. The Morgan fingerprint density at radius 1 is 1.00 bits per heavy atom. The van der Waals surface area contributed by atoms with Gasteiger partial charge in [-0.2, -0.15) is 0 Å². The number of halogens is 1. The lowest BCUT2D eigenvalue weighted by atomic mass is 9.86. The number of carbonyl (C=O) groups excluding carboxylic acids is 1. The lowest BCUT2D eigenvalue weighted by Crippen LogP contribution is -2.53. The zero-order chi connectivity index (χ0) is 27.0. The molecule has 1 amide bonds. The van der Waals surface area contributed by atoms with Gasteiger partial charge in [-0.3, -0.25) is 14.6 Å². The molecule has 6 nitrogen and oxygen atoms in total. The van der Waals surface area contributed by atoms with Crippen molar-refractivity contribution < 1.29 is 14.3 Å². The summed E-state index contributed by atoms with van der Waals surface area (Å²) in [5, 5.41) is 3.90. The molecule has 0 bridgehead atoms. The Balaban J connectivity index is 1.25. The van der Waals surface area contributed by atoms with Gasteiger partial charge in [-0.05, 0) is 66.3 Å². The number of nitrogens with zero attached hydrogens (tertiary/aromatic N) is 2. The van der Waals surface area contributed by atoms with Crippen molar-refractivity contribution in [2.75, 3.05) is 51.8 Å². The van der Waals surface area contributed by atoms with Crippen molar-refractivity contribution in [3.8, 4) is 16.9 Å². The molecule has 0 aromatic heterocycles. The smallest absolute Gasteiger partial charge is 0.224 e. The Morgan fingerprint density at radius 2 is 1.77 bits per heavy atom. The summed E-state index contributed by atoms with van der Waals surface area (Å²) in [5.74, 6) is 1.10. The third-order valence-corrected chi connectivity index (χ3v) is 8.19. The van der Waals surface area contributed by atoms with Crippen molar-refractivity contribution in [3.05, 3.63) is 83.4 Å². The van der Waals surface area contributed by atoms with Gasteiger partial charge >= 0.3 is 0 Å². The van der Waals surface area contributed by atoms with E-state index in [2.05, 4.69) is 39.4 Å². The fourth-order valence-corrected chi connectivity index (χ4v) is 6.03. The average molecular weight is 548 g/mol. The molecule has 3 aromatic rings. The van der Waals surface area contributed by atoms with Crippen molar-refractivity contribution in [1.29, 1.82) is 0 Å². The van der Waals surface area contributed by atoms with Crippen LogP contribution in [0.1, 0.15) is 24.8 Å². The fraction of sp³-hybridized carbons (Fsp3) is 0.406. The van der Waals surface area contributed by atoms with E-state index in [0.717, 1.165) is 74.9 Å². The van der Waals surface area contributed by atoms with Crippen LogP contribution in [0.15, 0.2) is 72.8 Å². The van der Waals surface area contributed by atoms with E-state index in [9.17, 15) is 4.79 Å². The molecule has 2 saturated heterocycles. The van der Waals surface area contributed by atoms with Crippen molar-refractivity contribution in [1.82, 2.24) is 9.80 Å². The Labute approximate surface area is 236 Å². The Kier molecular flexibility index (Phi) is 9.53. The molecular weight excluding hydrogens is 510 g/mol. The molecule has 0 radical (unpaired) electrons. The van der Waals surface area contributed by atoms with E-state index < -0.39 is 0 Å². The van der Waals surface area contributed by atoms with Gasteiger partial charge in [-0.15, -0.1) is 0 Å². The molecule has 2 atom stereocenters. The number of methoxy groups -OCH3 is 1. The SMILES string of the molecule is COc1ccc(-c2ccccc2)cc1NC(=O)CC[C@H]1CN(Cc2ccc(Cl)cc2)CC[C@H]1N1CCOCC1. The summed E-state index contributed by atoms with van der Waals surface area (Å²) in [5.41, 5.74) is 4.13. The largest absolute Gasteiger partial charge is 0.495 e. The normalized spacial score (nSPS) is 20.5. The summed E-state index contributed by atoms with van der Waals surface area (Å²) in [6.45, 7) is 6.44. The maximum atomic E-state index is 13.2. The van der Waals surface area contributed by atoms with Gasteiger partial charge in [0.1, 0.15) is 5.75 Å². The number of amides is 1. The van der Waals surface area contributed by atoms with E-state index in [1.807, 2.05) is 48.5 Å². The second kappa shape index (κ2) is 13.4. The highest BCUT2D eigenvalue weighted by Gasteiger charge is 2.34. The first-order valence-electron chi connectivity index (χ1n) is 13.9. The highest BCUT2D eigenvalue weighted by molar-refractivity contribution is 6.30. The first kappa shape index (κ1) is 27.7. The van der Waals surface area contributed by atoms with Crippen LogP contribution in [-0.2, 0) is 16.1 Å². The Bertz CT molecular complexity index is 1220. The lowest BCUT2D eigenvalue weighted by Gasteiger charge is -2.45. The first-order valence-corrected chi connectivity index (χ1v) is 14.3. The minimum Gasteiger partial charge on any atom is -0.495 e. The molecule has 0 unspecified atom stereocenters. The fourth-order valence-electron chi connectivity index (χ4n) is 5.91. The maximum absolute atomic E-state index is 13.2. The topological polar surface area (TPSA) is 54.0 Å². The number of likely N-dealkylation sites (tertiary alicyclic amines) is 1. The second-order valence-corrected chi connectivity index (χ2v) is 10.9. The molecule has 0 saturated carbocycles. The number of ether oxygens (including phenoxy) is 2. The van der Waals surface area contributed by atoms with Gasteiger partial charge in [0.25, 0.3) is 0 Å². The van der Waals surface area contributed by atoms with Gasteiger partial charge < -0.3 is 14.8 Å². The summed E-state index contributed by atoms with van der Waals surface area (Å²) in [7, 11) is 1.64. The molecular formula is C32H38ClN3O3. The highest BCUT2D eigenvalue weighted by Crippen LogP contribution is 2.32. The van der Waals surface area contributed by atoms with Gasteiger partial charge in [0.2, 0.25) is 5.91 Å². The molecule has 7 heteroatoms. The van der Waals surface area contributed by atoms with Crippen LogP contribution in [0, 0.1) is 5.92 Å². The van der Waals surface area contributed by atoms with E-state index in [1.165, 1.54) is 5.56 Å².